The van der Waals surface area contributed by atoms with Gasteiger partial charge in [-0.1, -0.05) is 0 Å². The van der Waals surface area contributed by atoms with Crippen LogP contribution in [0.2, 0.25) is 0 Å². The second-order valence-corrected chi connectivity index (χ2v) is 7.37. The summed E-state index contributed by atoms with van der Waals surface area (Å²) in [5, 5.41) is 4.00. The van der Waals surface area contributed by atoms with Gasteiger partial charge < -0.3 is 15.2 Å². The molecule has 0 aliphatic carbocycles. The summed E-state index contributed by atoms with van der Waals surface area (Å²) in [7, 11) is 0. The number of nitrogens with one attached hydrogen (secondary N) is 2. The van der Waals surface area contributed by atoms with Crippen LogP contribution in [0.25, 0.3) is 10.2 Å². The van der Waals surface area contributed by atoms with Gasteiger partial charge in [-0.15, -0.1) is 11.3 Å². The third-order valence-electron chi connectivity index (χ3n) is 4.39. The smallest absolute Gasteiger partial charge is 0.259 e. The minimum atomic E-state index is -0.102. The molecule has 7 heteroatoms. The lowest BCUT2D eigenvalue weighted by molar-refractivity contribution is -0.132. The Morgan fingerprint density at radius 3 is 2.96 bits per heavy atom. The van der Waals surface area contributed by atoms with Gasteiger partial charge in [-0.05, 0) is 26.3 Å². The van der Waals surface area contributed by atoms with Crippen LogP contribution >= 0.6 is 11.3 Å². The van der Waals surface area contributed by atoms with Crippen LogP contribution < -0.4 is 10.9 Å². The second kappa shape index (κ2) is 6.41. The van der Waals surface area contributed by atoms with E-state index in [1.165, 1.54) is 11.3 Å². The van der Waals surface area contributed by atoms with Crippen molar-refractivity contribution in [3.8, 4) is 0 Å². The third kappa shape index (κ3) is 3.30. The SMILES string of the molecule is Cc1sc2nc(CCC(=O)N3CCNC(C)C3)[nH]c(=O)c2c1C. The van der Waals surface area contributed by atoms with Crippen molar-refractivity contribution in [2.45, 2.75) is 39.7 Å². The molecule has 2 aromatic heterocycles. The highest BCUT2D eigenvalue weighted by Gasteiger charge is 2.20. The van der Waals surface area contributed by atoms with Gasteiger partial charge in [-0.2, -0.15) is 0 Å². The fourth-order valence-electron chi connectivity index (χ4n) is 2.96. The molecule has 2 N–H and O–H groups in total. The molecule has 1 amide bonds. The van der Waals surface area contributed by atoms with E-state index in [1.807, 2.05) is 18.7 Å². The lowest BCUT2D eigenvalue weighted by Gasteiger charge is -2.31. The fraction of sp³-hybridized carbons (Fsp3) is 0.562. The van der Waals surface area contributed by atoms with Crippen molar-refractivity contribution in [1.29, 1.82) is 0 Å². The Kier molecular flexibility index (Phi) is 4.50. The number of fused-ring (bicyclic) bond motifs is 1. The molecule has 2 aromatic rings. The first-order valence-corrected chi connectivity index (χ1v) is 8.77. The molecule has 6 nitrogen and oxygen atoms in total. The second-order valence-electron chi connectivity index (χ2n) is 6.17. The molecule has 0 bridgehead atoms. The lowest BCUT2D eigenvalue weighted by Crippen LogP contribution is -2.51. The third-order valence-corrected chi connectivity index (χ3v) is 5.49. The number of aryl methyl sites for hydroxylation is 3. The molecule has 1 unspecified atom stereocenters. The average molecular weight is 334 g/mol. The number of hydrogen-bond donors (Lipinski definition) is 2. The molecule has 1 aliphatic rings. The maximum Gasteiger partial charge on any atom is 0.259 e. The quantitative estimate of drug-likeness (QED) is 0.888. The minimum absolute atomic E-state index is 0.102. The molecule has 1 fully saturated rings. The van der Waals surface area contributed by atoms with Crippen LogP contribution in [0.1, 0.15) is 29.6 Å². The first-order valence-electron chi connectivity index (χ1n) is 7.95. The Bertz CT molecular complexity index is 795. The number of aromatic amines is 1. The van der Waals surface area contributed by atoms with Crippen molar-refractivity contribution in [3.05, 3.63) is 26.6 Å². The molecule has 1 atom stereocenters. The number of rotatable bonds is 3. The molecule has 3 heterocycles. The monoisotopic (exact) mass is 334 g/mol. The summed E-state index contributed by atoms with van der Waals surface area (Å²) in [6.45, 7) is 8.34. The number of thiophene rings is 1. The number of amides is 1. The van der Waals surface area contributed by atoms with Crippen LogP contribution in [-0.4, -0.2) is 46.5 Å². The molecule has 1 saturated heterocycles. The van der Waals surface area contributed by atoms with Gasteiger partial charge in [0.2, 0.25) is 5.91 Å². The van der Waals surface area contributed by atoms with Crippen LogP contribution in [0.15, 0.2) is 4.79 Å². The highest BCUT2D eigenvalue weighted by Crippen LogP contribution is 2.25. The summed E-state index contributed by atoms with van der Waals surface area (Å²) in [6.07, 6.45) is 0.850. The Morgan fingerprint density at radius 2 is 2.22 bits per heavy atom. The van der Waals surface area contributed by atoms with Crippen LogP contribution in [0, 0.1) is 13.8 Å². The first kappa shape index (κ1) is 16.1. The van der Waals surface area contributed by atoms with E-state index in [4.69, 9.17) is 0 Å². The van der Waals surface area contributed by atoms with Gasteiger partial charge in [0.15, 0.2) is 0 Å². The predicted octanol–water partition coefficient (Wildman–Crippen LogP) is 1.35. The highest BCUT2D eigenvalue weighted by molar-refractivity contribution is 7.18. The van der Waals surface area contributed by atoms with Gasteiger partial charge in [0, 0.05) is 43.4 Å². The predicted molar refractivity (Wildman–Crippen MR) is 92.1 cm³/mol. The van der Waals surface area contributed by atoms with Crippen LogP contribution in [0.3, 0.4) is 0 Å². The van der Waals surface area contributed by atoms with E-state index < -0.39 is 0 Å². The fourth-order valence-corrected chi connectivity index (χ4v) is 4.01. The maximum absolute atomic E-state index is 12.3. The Balaban J connectivity index is 1.72. The van der Waals surface area contributed by atoms with E-state index in [0.29, 0.717) is 30.1 Å². The molecular formula is C16H22N4O2S. The van der Waals surface area contributed by atoms with Crippen LogP contribution in [0.5, 0.6) is 0 Å². The summed E-state index contributed by atoms with van der Waals surface area (Å²) in [6, 6.07) is 0.332. The summed E-state index contributed by atoms with van der Waals surface area (Å²) in [5.41, 5.74) is 0.895. The van der Waals surface area contributed by atoms with Gasteiger partial charge in [0.05, 0.1) is 5.39 Å². The van der Waals surface area contributed by atoms with Crippen LogP contribution in [0.4, 0.5) is 0 Å². The highest BCUT2D eigenvalue weighted by atomic mass is 32.1. The molecule has 124 valence electrons. The molecule has 0 saturated carbocycles. The standard InChI is InChI=1S/C16H22N4O2S/c1-9-8-20(7-6-17-9)13(21)5-4-12-18-15(22)14-10(2)11(3)23-16(14)19-12/h9,17H,4-8H2,1-3H3,(H,18,19,22). The van der Waals surface area contributed by atoms with Crippen molar-refractivity contribution in [2.75, 3.05) is 19.6 Å². The zero-order chi connectivity index (χ0) is 16.6. The molecule has 23 heavy (non-hydrogen) atoms. The van der Waals surface area contributed by atoms with Gasteiger partial charge in [0.25, 0.3) is 5.56 Å². The first-order chi connectivity index (χ1) is 11.0. The van der Waals surface area contributed by atoms with E-state index in [1.54, 1.807) is 0 Å². The van der Waals surface area contributed by atoms with Crippen LogP contribution in [-0.2, 0) is 11.2 Å². The number of aromatic nitrogens is 2. The molecule has 0 spiro atoms. The summed E-state index contributed by atoms with van der Waals surface area (Å²) in [4.78, 5) is 35.7. The minimum Gasteiger partial charge on any atom is -0.340 e. The normalized spacial score (nSPS) is 18.6. The van der Waals surface area contributed by atoms with Gasteiger partial charge in [-0.3, -0.25) is 9.59 Å². The largest absolute Gasteiger partial charge is 0.340 e. The lowest BCUT2D eigenvalue weighted by atomic mass is 10.2. The molecule has 0 aromatic carbocycles. The summed E-state index contributed by atoms with van der Waals surface area (Å²) < 4.78 is 0. The van der Waals surface area contributed by atoms with Crippen molar-refractivity contribution < 1.29 is 4.79 Å². The molecular weight excluding hydrogens is 312 g/mol. The zero-order valence-corrected chi connectivity index (χ0v) is 14.5. The van der Waals surface area contributed by atoms with E-state index in [9.17, 15) is 9.59 Å². The Labute approximate surface area is 138 Å². The van der Waals surface area contributed by atoms with Crippen molar-refractivity contribution in [3.63, 3.8) is 0 Å². The van der Waals surface area contributed by atoms with Crippen molar-refractivity contribution in [2.24, 2.45) is 0 Å². The maximum atomic E-state index is 12.3. The number of hydrogen-bond acceptors (Lipinski definition) is 5. The molecule has 1 aliphatic heterocycles. The number of H-pyrrole nitrogens is 1. The van der Waals surface area contributed by atoms with Gasteiger partial charge in [-0.25, -0.2) is 4.98 Å². The summed E-state index contributed by atoms with van der Waals surface area (Å²) in [5.74, 6) is 0.722. The molecule has 3 rings (SSSR count). The van der Waals surface area contributed by atoms with Gasteiger partial charge in [0.1, 0.15) is 10.7 Å². The van der Waals surface area contributed by atoms with E-state index in [2.05, 4.69) is 22.2 Å². The number of piperazine rings is 1. The van der Waals surface area contributed by atoms with Gasteiger partial charge >= 0.3 is 0 Å². The van der Waals surface area contributed by atoms with Crippen molar-refractivity contribution >= 4 is 27.5 Å². The number of nitrogens with zero attached hydrogens (tertiary/aromatic N) is 2. The topological polar surface area (TPSA) is 78.1 Å². The Morgan fingerprint density at radius 1 is 1.43 bits per heavy atom. The van der Waals surface area contributed by atoms with Crippen molar-refractivity contribution in [1.82, 2.24) is 20.2 Å². The Hall–Kier alpha value is -1.73. The average Bonchev–Trinajstić information content (AvgIpc) is 2.80. The number of carbonyl (C=O) groups is 1. The molecule has 0 radical (unpaired) electrons. The zero-order valence-electron chi connectivity index (χ0n) is 13.7. The van der Waals surface area contributed by atoms with E-state index >= 15 is 0 Å². The van der Waals surface area contributed by atoms with E-state index in [-0.39, 0.29) is 11.5 Å². The summed E-state index contributed by atoms with van der Waals surface area (Å²) >= 11 is 1.53. The number of carbonyl (C=O) groups excluding carboxylic acids is 1. The van der Waals surface area contributed by atoms with E-state index in [0.717, 1.165) is 34.9 Å².